The van der Waals surface area contributed by atoms with Crippen LogP contribution < -0.4 is 0 Å². The van der Waals surface area contributed by atoms with Gasteiger partial charge in [0.1, 0.15) is 0 Å². The van der Waals surface area contributed by atoms with E-state index >= 15 is 0 Å². The number of allylic oxidation sites excluding steroid dienone is 4. The Balaban J connectivity index is 1.95. The molecule has 2 unspecified atom stereocenters. The normalized spacial score (nSPS) is 39.9. The average molecular weight is 243 g/mol. The summed E-state index contributed by atoms with van der Waals surface area (Å²) in [6.07, 6.45) is 8.95. The van der Waals surface area contributed by atoms with Crippen molar-refractivity contribution in [2.24, 2.45) is 11.8 Å². The molecule has 1 saturated carbocycles. The number of thioether (sulfide) groups is 1. The van der Waals surface area contributed by atoms with Crippen LogP contribution in [-0.4, -0.2) is 5.25 Å². The van der Waals surface area contributed by atoms with Gasteiger partial charge in [0.05, 0.1) is 0 Å². The molecule has 0 spiro atoms. The summed E-state index contributed by atoms with van der Waals surface area (Å²) in [4.78, 5) is 0. The molecule has 0 nitrogen and oxygen atoms in total. The second kappa shape index (κ2) is 3.36. The zero-order valence-corrected chi connectivity index (χ0v) is 10.1. The SMILES string of the molecule is SC1=C2CC(C2)C2C=C(Cl)C=CC2S1. The highest BCUT2D eigenvalue weighted by molar-refractivity contribution is 8.16. The first-order valence-corrected chi connectivity index (χ1v) is 6.57. The van der Waals surface area contributed by atoms with Crippen molar-refractivity contribution in [3.63, 3.8) is 0 Å². The van der Waals surface area contributed by atoms with E-state index in [-0.39, 0.29) is 0 Å². The highest BCUT2D eigenvalue weighted by atomic mass is 35.5. The van der Waals surface area contributed by atoms with Gasteiger partial charge in [-0.2, -0.15) is 0 Å². The van der Waals surface area contributed by atoms with Gasteiger partial charge in [0, 0.05) is 14.5 Å². The fourth-order valence-electron chi connectivity index (χ4n) is 2.40. The number of hydrogen-bond donors (Lipinski definition) is 1. The molecular weight excluding hydrogens is 232 g/mol. The third kappa shape index (κ3) is 1.39. The maximum Gasteiger partial charge on any atom is 0.0368 e. The van der Waals surface area contributed by atoms with Crippen LogP contribution in [0, 0.1) is 11.8 Å². The van der Waals surface area contributed by atoms with E-state index in [0.717, 1.165) is 11.0 Å². The summed E-state index contributed by atoms with van der Waals surface area (Å²) in [6.45, 7) is 0. The van der Waals surface area contributed by atoms with E-state index in [2.05, 4.69) is 24.8 Å². The van der Waals surface area contributed by atoms with Gasteiger partial charge in [-0.15, -0.1) is 24.4 Å². The number of halogens is 1. The summed E-state index contributed by atoms with van der Waals surface area (Å²) in [5.74, 6) is 1.44. The predicted molar refractivity (Wildman–Crippen MR) is 66.7 cm³/mol. The molecule has 0 saturated heterocycles. The monoisotopic (exact) mass is 242 g/mol. The lowest BCUT2D eigenvalue weighted by Crippen LogP contribution is -2.28. The first kappa shape index (κ1) is 9.44. The number of thiol groups is 1. The molecule has 2 heterocycles. The number of rotatable bonds is 0. The Morgan fingerprint density at radius 2 is 2.21 bits per heavy atom. The Labute approximate surface area is 98.9 Å². The van der Waals surface area contributed by atoms with Crippen molar-refractivity contribution >= 4 is 36.0 Å². The summed E-state index contributed by atoms with van der Waals surface area (Å²) in [5.41, 5.74) is 1.55. The van der Waals surface area contributed by atoms with Gasteiger partial charge in [-0.25, -0.2) is 0 Å². The molecule has 74 valence electrons. The molecule has 0 amide bonds. The molecule has 4 aliphatic rings. The van der Waals surface area contributed by atoms with E-state index < -0.39 is 0 Å². The van der Waals surface area contributed by atoms with E-state index in [1.54, 1.807) is 5.57 Å². The van der Waals surface area contributed by atoms with Crippen LogP contribution in [0.2, 0.25) is 0 Å². The van der Waals surface area contributed by atoms with Gasteiger partial charge in [-0.05, 0) is 36.3 Å². The van der Waals surface area contributed by atoms with Crippen LogP contribution in [0.4, 0.5) is 0 Å². The summed E-state index contributed by atoms with van der Waals surface area (Å²) >= 11 is 12.5. The first-order valence-electron chi connectivity index (χ1n) is 4.87. The summed E-state index contributed by atoms with van der Waals surface area (Å²) in [6, 6.07) is 0. The molecule has 3 heteroatoms. The second-order valence-corrected chi connectivity index (χ2v) is 6.52. The van der Waals surface area contributed by atoms with Crippen molar-refractivity contribution in [2.75, 3.05) is 0 Å². The van der Waals surface area contributed by atoms with Gasteiger partial charge < -0.3 is 0 Å². The molecule has 0 aromatic rings. The fraction of sp³-hybridized carbons (Fsp3) is 0.455. The quantitative estimate of drug-likeness (QED) is 0.628. The van der Waals surface area contributed by atoms with Crippen molar-refractivity contribution in [3.8, 4) is 0 Å². The van der Waals surface area contributed by atoms with Crippen molar-refractivity contribution in [1.82, 2.24) is 0 Å². The highest BCUT2D eigenvalue weighted by Crippen LogP contribution is 2.53. The van der Waals surface area contributed by atoms with Crippen LogP contribution >= 0.6 is 36.0 Å². The van der Waals surface area contributed by atoms with E-state index in [1.807, 2.05) is 17.8 Å². The molecule has 0 radical (unpaired) electrons. The Morgan fingerprint density at radius 3 is 3.00 bits per heavy atom. The summed E-state index contributed by atoms with van der Waals surface area (Å²) < 4.78 is 1.25. The largest absolute Gasteiger partial charge is 0.137 e. The first-order chi connectivity index (χ1) is 6.74. The highest BCUT2D eigenvalue weighted by Gasteiger charge is 2.39. The maximum absolute atomic E-state index is 6.04. The maximum atomic E-state index is 6.04. The lowest BCUT2D eigenvalue weighted by atomic mass is 9.71. The Morgan fingerprint density at radius 1 is 1.43 bits per heavy atom. The van der Waals surface area contributed by atoms with E-state index in [1.165, 1.54) is 17.1 Å². The van der Waals surface area contributed by atoms with Crippen LogP contribution in [-0.2, 0) is 0 Å². The molecule has 1 fully saturated rings. The van der Waals surface area contributed by atoms with Gasteiger partial charge in [0.2, 0.25) is 0 Å². The van der Waals surface area contributed by atoms with Crippen LogP contribution in [0.5, 0.6) is 0 Å². The molecule has 2 aliphatic carbocycles. The molecule has 0 aromatic carbocycles. The van der Waals surface area contributed by atoms with Gasteiger partial charge in [0.25, 0.3) is 0 Å². The van der Waals surface area contributed by atoms with E-state index in [9.17, 15) is 0 Å². The minimum absolute atomic E-state index is 0.565. The lowest BCUT2D eigenvalue weighted by molar-refractivity contribution is 0.326. The average Bonchev–Trinajstić information content (AvgIpc) is 2.26. The van der Waals surface area contributed by atoms with E-state index in [4.69, 9.17) is 11.6 Å². The number of fused-ring (bicyclic) bond motifs is 1. The molecule has 14 heavy (non-hydrogen) atoms. The Kier molecular flexibility index (Phi) is 2.26. The Hall–Kier alpha value is 0.210. The van der Waals surface area contributed by atoms with Crippen molar-refractivity contribution in [3.05, 3.63) is 33.1 Å². The molecule has 2 bridgehead atoms. The third-order valence-electron chi connectivity index (χ3n) is 3.29. The molecule has 2 atom stereocenters. The number of hydrogen-bond acceptors (Lipinski definition) is 2. The van der Waals surface area contributed by atoms with Crippen LogP contribution in [0.3, 0.4) is 0 Å². The summed E-state index contributed by atoms with van der Waals surface area (Å²) in [5, 5.41) is 1.47. The fourth-order valence-corrected chi connectivity index (χ4v) is 4.38. The standard InChI is InChI=1S/C11H11ClS2/c12-8-1-2-10-9(5-8)6-3-7(4-6)11(13)14-10/h1-2,5-6,9-10,13H,3-4H2. The minimum Gasteiger partial charge on any atom is -0.137 e. The van der Waals surface area contributed by atoms with Gasteiger partial charge >= 0.3 is 0 Å². The lowest BCUT2D eigenvalue weighted by Gasteiger charge is -2.35. The van der Waals surface area contributed by atoms with Crippen molar-refractivity contribution in [1.29, 1.82) is 0 Å². The van der Waals surface area contributed by atoms with Crippen molar-refractivity contribution < 1.29 is 0 Å². The van der Waals surface area contributed by atoms with Crippen LogP contribution in [0.15, 0.2) is 33.1 Å². The van der Waals surface area contributed by atoms with Gasteiger partial charge in [0.15, 0.2) is 0 Å². The van der Waals surface area contributed by atoms with Crippen LogP contribution in [0.1, 0.15) is 12.8 Å². The van der Waals surface area contributed by atoms with Gasteiger partial charge in [-0.1, -0.05) is 23.8 Å². The zero-order valence-electron chi connectivity index (χ0n) is 7.61. The minimum atomic E-state index is 0.565. The van der Waals surface area contributed by atoms with Gasteiger partial charge in [-0.3, -0.25) is 0 Å². The topological polar surface area (TPSA) is 0 Å². The second-order valence-electron chi connectivity index (χ2n) is 4.15. The third-order valence-corrected chi connectivity index (χ3v) is 5.43. The van der Waals surface area contributed by atoms with E-state index in [0.29, 0.717) is 11.2 Å². The molecule has 0 aromatic heterocycles. The Bertz CT molecular complexity index is 359. The molecule has 0 N–H and O–H groups in total. The molecule has 2 aliphatic heterocycles. The summed E-state index contributed by atoms with van der Waals surface area (Å²) in [7, 11) is 0. The van der Waals surface area contributed by atoms with Crippen LogP contribution in [0.25, 0.3) is 0 Å². The zero-order chi connectivity index (χ0) is 9.71. The molecular formula is C11H11ClS2. The molecule has 4 rings (SSSR count). The van der Waals surface area contributed by atoms with Crippen molar-refractivity contribution in [2.45, 2.75) is 18.1 Å². The smallest absolute Gasteiger partial charge is 0.0368 e. The predicted octanol–water partition coefficient (Wildman–Crippen LogP) is 3.96.